The maximum absolute atomic E-state index is 12.7. The topological polar surface area (TPSA) is 103 Å². The molecule has 9 heteroatoms. The summed E-state index contributed by atoms with van der Waals surface area (Å²) in [5.74, 6) is 0.116. The van der Waals surface area contributed by atoms with E-state index in [0.717, 1.165) is 12.8 Å². The van der Waals surface area contributed by atoms with E-state index in [-0.39, 0.29) is 29.9 Å². The number of aryl methyl sites for hydroxylation is 1. The first-order valence-electron chi connectivity index (χ1n) is 10.0. The summed E-state index contributed by atoms with van der Waals surface area (Å²) in [4.78, 5) is 25.0. The number of hydrogen-bond donors (Lipinski definition) is 2. The number of hydrogen-bond acceptors (Lipinski definition) is 5. The summed E-state index contributed by atoms with van der Waals surface area (Å²) in [6, 6.07) is 1.74. The maximum atomic E-state index is 12.7. The molecule has 29 heavy (non-hydrogen) atoms. The van der Waals surface area contributed by atoms with Gasteiger partial charge in [-0.1, -0.05) is 0 Å². The molecule has 0 spiro atoms. The lowest BCUT2D eigenvalue weighted by molar-refractivity contribution is 0.0921. The van der Waals surface area contributed by atoms with Crippen molar-refractivity contribution in [2.24, 2.45) is 0 Å². The predicted molar refractivity (Wildman–Crippen MR) is 110 cm³/mol. The summed E-state index contributed by atoms with van der Waals surface area (Å²) in [5.41, 5.74) is 0.967. The molecule has 2 aromatic heterocycles. The lowest BCUT2D eigenvalue weighted by Crippen LogP contribution is -2.35. The Labute approximate surface area is 171 Å². The van der Waals surface area contributed by atoms with E-state index >= 15 is 0 Å². The molecular formula is C20H32N6O3. The van der Waals surface area contributed by atoms with Crippen molar-refractivity contribution >= 4 is 11.8 Å². The Morgan fingerprint density at radius 1 is 1.10 bits per heavy atom. The number of nitrogens with one attached hydrogen (secondary N) is 2. The smallest absolute Gasteiger partial charge is 0.273 e. The normalized spacial score (nSPS) is 13.2. The van der Waals surface area contributed by atoms with Crippen LogP contribution in [0.4, 0.5) is 0 Å². The molecule has 0 radical (unpaired) electrons. The van der Waals surface area contributed by atoms with Crippen molar-refractivity contribution in [2.45, 2.75) is 72.1 Å². The molecule has 0 aliphatic heterocycles. The van der Waals surface area contributed by atoms with Gasteiger partial charge >= 0.3 is 0 Å². The molecule has 2 amide bonds. The second-order valence-electron chi connectivity index (χ2n) is 7.47. The van der Waals surface area contributed by atoms with Crippen molar-refractivity contribution in [1.82, 2.24) is 30.2 Å². The fraction of sp³-hybridized carbons (Fsp3) is 0.600. The molecule has 0 aromatic carbocycles. The number of methoxy groups -OCH3 is 1. The van der Waals surface area contributed by atoms with E-state index in [1.165, 1.54) is 7.11 Å². The number of carbonyl (C=O) groups excluding carboxylic acids is 2. The first-order valence-corrected chi connectivity index (χ1v) is 10.0. The standard InChI is InChI=1S/C20H32N6O3/c1-7-25-18(17(29-6)12-22-25)20(28)24-14(4)8-9-15(5)26-16(10-11-21-26)19(27)23-13(2)3/h10-15H,7-9H2,1-6H3,(H,23,27)(H,24,28). The van der Waals surface area contributed by atoms with Gasteiger partial charge in [0.15, 0.2) is 11.4 Å². The van der Waals surface area contributed by atoms with Gasteiger partial charge in [0.25, 0.3) is 11.8 Å². The second kappa shape index (κ2) is 10.1. The van der Waals surface area contributed by atoms with Crippen molar-refractivity contribution in [3.05, 3.63) is 29.8 Å². The van der Waals surface area contributed by atoms with Crippen LogP contribution in [0.5, 0.6) is 5.75 Å². The molecule has 0 aliphatic carbocycles. The molecule has 2 heterocycles. The van der Waals surface area contributed by atoms with Gasteiger partial charge in [0.05, 0.1) is 19.3 Å². The van der Waals surface area contributed by atoms with E-state index in [2.05, 4.69) is 20.8 Å². The van der Waals surface area contributed by atoms with Crippen LogP contribution in [-0.2, 0) is 6.54 Å². The van der Waals surface area contributed by atoms with Crippen molar-refractivity contribution < 1.29 is 14.3 Å². The minimum absolute atomic E-state index is 0.0213. The number of ether oxygens (including phenoxy) is 1. The molecule has 0 fully saturated rings. The molecular weight excluding hydrogens is 372 g/mol. The molecule has 2 unspecified atom stereocenters. The third kappa shape index (κ3) is 5.58. The molecule has 160 valence electrons. The molecule has 2 rings (SSSR count). The van der Waals surface area contributed by atoms with E-state index in [4.69, 9.17) is 4.74 Å². The Bertz CT molecular complexity index is 805. The Balaban J connectivity index is 1.95. The zero-order valence-electron chi connectivity index (χ0n) is 18.1. The van der Waals surface area contributed by atoms with E-state index in [0.29, 0.717) is 23.7 Å². The Hall–Kier alpha value is -2.84. The highest BCUT2D eigenvalue weighted by atomic mass is 16.5. The highest BCUT2D eigenvalue weighted by molar-refractivity contribution is 5.95. The van der Waals surface area contributed by atoms with Gasteiger partial charge in [-0.05, 0) is 53.5 Å². The summed E-state index contributed by atoms with van der Waals surface area (Å²) in [6.07, 6.45) is 4.68. The van der Waals surface area contributed by atoms with Gasteiger partial charge in [0.1, 0.15) is 5.69 Å². The SMILES string of the molecule is CCn1ncc(OC)c1C(=O)NC(C)CCC(C)n1nccc1C(=O)NC(C)C. The van der Waals surface area contributed by atoms with E-state index < -0.39 is 0 Å². The van der Waals surface area contributed by atoms with E-state index in [9.17, 15) is 9.59 Å². The summed E-state index contributed by atoms with van der Waals surface area (Å²) in [7, 11) is 1.52. The van der Waals surface area contributed by atoms with Crippen LogP contribution in [0.3, 0.4) is 0 Å². The van der Waals surface area contributed by atoms with Crippen molar-refractivity contribution in [3.8, 4) is 5.75 Å². The highest BCUT2D eigenvalue weighted by Crippen LogP contribution is 2.19. The molecule has 0 bridgehead atoms. The zero-order valence-corrected chi connectivity index (χ0v) is 18.1. The Morgan fingerprint density at radius 2 is 1.83 bits per heavy atom. The van der Waals surface area contributed by atoms with Crippen molar-refractivity contribution in [3.63, 3.8) is 0 Å². The van der Waals surface area contributed by atoms with Crippen LogP contribution in [0, 0.1) is 0 Å². The number of carbonyl (C=O) groups is 2. The van der Waals surface area contributed by atoms with Crippen LogP contribution >= 0.6 is 0 Å². The fourth-order valence-electron chi connectivity index (χ4n) is 3.15. The first-order chi connectivity index (χ1) is 13.8. The lowest BCUT2D eigenvalue weighted by atomic mass is 10.1. The van der Waals surface area contributed by atoms with Gasteiger partial charge in [-0.25, -0.2) is 0 Å². The van der Waals surface area contributed by atoms with E-state index in [1.807, 2.05) is 34.6 Å². The predicted octanol–water partition coefficient (Wildman–Crippen LogP) is 2.41. The fourth-order valence-corrected chi connectivity index (χ4v) is 3.15. The lowest BCUT2D eigenvalue weighted by Gasteiger charge is -2.19. The second-order valence-corrected chi connectivity index (χ2v) is 7.47. The third-order valence-electron chi connectivity index (χ3n) is 4.68. The van der Waals surface area contributed by atoms with Crippen LogP contribution < -0.4 is 15.4 Å². The van der Waals surface area contributed by atoms with Crippen LogP contribution in [0.2, 0.25) is 0 Å². The summed E-state index contributed by atoms with van der Waals surface area (Å²) < 4.78 is 8.60. The minimum atomic E-state index is -0.211. The Kier molecular flexibility index (Phi) is 7.81. The zero-order chi connectivity index (χ0) is 21.6. The number of amides is 2. The Morgan fingerprint density at radius 3 is 2.45 bits per heavy atom. The summed E-state index contributed by atoms with van der Waals surface area (Å²) in [6.45, 7) is 10.3. The van der Waals surface area contributed by atoms with Gasteiger partial charge in [0.2, 0.25) is 0 Å². The third-order valence-corrected chi connectivity index (χ3v) is 4.68. The monoisotopic (exact) mass is 404 g/mol. The van der Waals surface area contributed by atoms with Crippen molar-refractivity contribution in [1.29, 1.82) is 0 Å². The number of aromatic nitrogens is 4. The van der Waals surface area contributed by atoms with Gasteiger partial charge < -0.3 is 15.4 Å². The number of nitrogens with zero attached hydrogens (tertiary/aromatic N) is 4. The summed E-state index contributed by atoms with van der Waals surface area (Å²) >= 11 is 0. The van der Waals surface area contributed by atoms with Crippen LogP contribution in [0.1, 0.15) is 74.5 Å². The minimum Gasteiger partial charge on any atom is -0.493 e. The molecule has 2 atom stereocenters. The maximum Gasteiger partial charge on any atom is 0.273 e. The van der Waals surface area contributed by atoms with Gasteiger partial charge in [-0.2, -0.15) is 10.2 Å². The van der Waals surface area contributed by atoms with Gasteiger partial charge in [0, 0.05) is 24.8 Å². The van der Waals surface area contributed by atoms with E-state index in [1.54, 1.807) is 27.8 Å². The molecule has 0 saturated carbocycles. The van der Waals surface area contributed by atoms with Gasteiger partial charge in [-0.3, -0.25) is 19.0 Å². The first kappa shape index (κ1) is 22.4. The number of rotatable bonds is 10. The van der Waals surface area contributed by atoms with Crippen LogP contribution in [0.15, 0.2) is 18.5 Å². The average Bonchev–Trinajstić information content (AvgIpc) is 3.31. The molecule has 0 saturated heterocycles. The molecule has 0 aliphatic rings. The van der Waals surface area contributed by atoms with Crippen molar-refractivity contribution in [2.75, 3.05) is 7.11 Å². The molecule has 2 N–H and O–H groups in total. The van der Waals surface area contributed by atoms with Crippen LogP contribution in [-0.4, -0.2) is 50.6 Å². The molecule has 2 aromatic rings. The average molecular weight is 405 g/mol. The highest BCUT2D eigenvalue weighted by Gasteiger charge is 2.21. The summed E-state index contributed by atoms with van der Waals surface area (Å²) in [5, 5.41) is 14.4. The van der Waals surface area contributed by atoms with Gasteiger partial charge in [-0.15, -0.1) is 0 Å². The largest absolute Gasteiger partial charge is 0.493 e. The molecule has 9 nitrogen and oxygen atoms in total. The quantitative estimate of drug-likeness (QED) is 0.633. The van der Waals surface area contributed by atoms with Crippen LogP contribution in [0.25, 0.3) is 0 Å².